The van der Waals surface area contributed by atoms with Gasteiger partial charge in [0.2, 0.25) is 15.5 Å². The van der Waals surface area contributed by atoms with Crippen LogP contribution in [0.4, 0.5) is 10.1 Å². The van der Waals surface area contributed by atoms with Crippen LogP contribution in [0.5, 0.6) is 0 Å². The second kappa shape index (κ2) is 9.79. The van der Waals surface area contributed by atoms with Crippen LogP contribution in [0, 0.1) is 5.82 Å². The maximum Gasteiger partial charge on any atom is 0.259 e. The Morgan fingerprint density at radius 2 is 1.69 bits per heavy atom. The van der Waals surface area contributed by atoms with Crippen molar-refractivity contribution in [1.82, 2.24) is 13.8 Å². The SMILES string of the molecule is CCN(CC)S(=O)(=O)c1ccc2c(c1)c(=O)c(C(=O)N1CCN(c3ccccc3F)CC1)cn2C. The molecule has 4 rings (SSSR count). The van der Waals surface area contributed by atoms with Gasteiger partial charge >= 0.3 is 0 Å². The molecule has 0 unspecified atom stereocenters. The van der Waals surface area contributed by atoms with Crippen LogP contribution in [0.3, 0.4) is 0 Å². The molecular formula is C25H29FN4O4S. The first-order chi connectivity index (χ1) is 16.7. The molecule has 2 heterocycles. The number of nitrogens with zero attached hydrogens (tertiary/aromatic N) is 4. The lowest BCUT2D eigenvalue weighted by atomic mass is 10.1. The molecule has 186 valence electrons. The average Bonchev–Trinajstić information content (AvgIpc) is 2.86. The fraction of sp³-hybridized carbons (Fsp3) is 0.360. The molecule has 0 bridgehead atoms. The maximum atomic E-state index is 14.1. The molecule has 1 saturated heterocycles. The zero-order chi connectivity index (χ0) is 25.3. The van der Waals surface area contributed by atoms with Gasteiger partial charge in [-0.1, -0.05) is 26.0 Å². The summed E-state index contributed by atoms with van der Waals surface area (Å²) in [6.07, 6.45) is 1.49. The second-order valence-corrected chi connectivity index (χ2v) is 10.4. The van der Waals surface area contributed by atoms with E-state index in [2.05, 4.69) is 0 Å². The number of rotatable bonds is 6. The summed E-state index contributed by atoms with van der Waals surface area (Å²) in [5.41, 5.74) is 0.505. The molecule has 0 saturated carbocycles. The van der Waals surface area contributed by atoms with Gasteiger partial charge in [0.25, 0.3) is 5.91 Å². The van der Waals surface area contributed by atoms with E-state index in [1.165, 1.54) is 28.7 Å². The number of hydrogen-bond donors (Lipinski definition) is 0. The van der Waals surface area contributed by atoms with E-state index in [4.69, 9.17) is 0 Å². The highest BCUT2D eigenvalue weighted by Gasteiger charge is 2.27. The van der Waals surface area contributed by atoms with Gasteiger partial charge < -0.3 is 14.4 Å². The number of piperazine rings is 1. The summed E-state index contributed by atoms with van der Waals surface area (Å²) in [5, 5.41) is 0.177. The predicted octanol–water partition coefficient (Wildman–Crippen LogP) is 2.67. The average molecular weight is 501 g/mol. The lowest BCUT2D eigenvalue weighted by Gasteiger charge is -2.36. The van der Waals surface area contributed by atoms with Crippen LogP contribution in [0.25, 0.3) is 10.9 Å². The lowest BCUT2D eigenvalue weighted by Crippen LogP contribution is -2.49. The van der Waals surface area contributed by atoms with E-state index >= 15 is 0 Å². The standard InChI is InChI=1S/C25H29FN4O4S/c1-4-30(5-2)35(33,34)18-10-11-22-19(16-18)24(31)20(17-27(22)3)25(32)29-14-12-28(13-15-29)23-9-7-6-8-21(23)26/h6-11,16-17H,4-5,12-15H2,1-3H3. The van der Waals surface area contributed by atoms with Crippen molar-refractivity contribution in [3.63, 3.8) is 0 Å². The quantitative estimate of drug-likeness (QED) is 0.520. The number of carbonyl (C=O) groups excluding carboxylic acids is 1. The molecule has 1 fully saturated rings. The van der Waals surface area contributed by atoms with Crippen LogP contribution < -0.4 is 10.3 Å². The van der Waals surface area contributed by atoms with Crippen molar-refractivity contribution in [3.05, 3.63) is 70.3 Å². The van der Waals surface area contributed by atoms with E-state index in [0.717, 1.165) is 0 Å². The predicted molar refractivity (Wildman–Crippen MR) is 134 cm³/mol. The second-order valence-electron chi connectivity index (χ2n) is 8.48. The number of benzene rings is 2. The van der Waals surface area contributed by atoms with Gasteiger partial charge in [-0.25, -0.2) is 12.8 Å². The first-order valence-electron chi connectivity index (χ1n) is 11.6. The molecule has 8 nitrogen and oxygen atoms in total. The Hall–Kier alpha value is -3.24. The number of aryl methyl sites for hydroxylation is 1. The number of pyridine rings is 1. The molecule has 3 aromatic rings. The van der Waals surface area contributed by atoms with Crippen molar-refractivity contribution in [3.8, 4) is 0 Å². The van der Waals surface area contributed by atoms with Gasteiger partial charge in [-0.3, -0.25) is 9.59 Å². The van der Waals surface area contributed by atoms with Gasteiger partial charge in [-0.15, -0.1) is 0 Å². The highest BCUT2D eigenvalue weighted by molar-refractivity contribution is 7.89. The number of carbonyl (C=O) groups is 1. The molecule has 1 amide bonds. The third-order valence-electron chi connectivity index (χ3n) is 6.49. The number of para-hydroxylation sites is 1. The van der Waals surface area contributed by atoms with Crippen LogP contribution in [-0.2, 0) is 17.1 Å². The van der Waals surface area contributed by atoms with E-state index in [1.807, 2.05) is 4.90 Å². The van der Waals surface area contributed by atoms with Gasteiger partial charge in [0.1, 0.15) is 11.4 Å². The van der Waals surface area contributed by atoms with Crippen molar-refractivity contribution in [2.45, 2.75) is 18.7 Å². The van der Waals surface area contributed by atoms with Crippen LogP contribution in [0.1, 0.15) is 24.2 Å². The number of amides is 1. The third kappa shape index (κ3) is 4.55. The molecule has 10 heteroatoms. The molecule has 0 atom stereocenters. The molecule has 0 N–H and O–H groups in total. The summed E-state index contributed by atoms with van der Waals surface area (Å²) in [6, 6.07) is 10.9. The Morgan fingerprint density at radius 3 is 2.31 bits per heavy atom. The van der Waals surface area contributed by atoms with E-state index < -0.39 is 21.4 Å². The molecule has 1 aliphatic rings. The number of anilines is 1. The van der Waals surface area contributed by atoms with Crippen LogP contribution in [-0.4, -0.2) is 67.4 Å². The molecule has 0 spiro atoms. The normalized spacial score (nSPS) is 14.7. The summed E-state index contributed by atoms with van der Waals surface area (Å²) in [6.45, 7) is 5.68. The smallest absolute Gasteiger partial charge is 0.259 e. The van der Waals surface area contributed by atoms with E-state index in [9.17, 15) is 22.4 Å². The summed E-state index contributed by atoms with van der Waals surface area (Å²) in [7, 11) is -2.04. The molecular weight excluding hydrogens is 471 g/mol. The van der Waals surface area contributed by atoms with Gasteiger partial charge in [-0.05, 0) is 30.3 Å². The van der Waals surface area contributed by atoms with Gasteiger partial charge in [0, 0.05) is 57.9 Å². The maximum absolute atomic E-state index is 14.1. The zero-order valence-electron chi connectivity index (χ0n) is 20.1. The lowest BCUT2D eigenvalue weighted by molar-refractivity contribution is 0.0745. The number of hydrogen-bond acceptors (Lipinski definition) is 5. The number of halogens is 1. The van der Waals surface area contributed by atoms with E-state index in [-0.39, 0.29) is 21.7 Å². The Labute approximate surface area is 204 Å². The topological polar surface area (TPSA) is 82.9 Å². The molecule has 0 radical (unpaired) electrons. The van der Waals surface area contributed by atoms with Crippen molar-refractivity contribution in [2.24, 2.45) is 7.05 Å². The summed E-state index contributed by atoms with van der Waals surface area (Å²) in [5.74, 6) is -0.733. The molecule has 1 aliphatic heterocycles. The summed E-state index contributed by atoms with van der Waals surface area (Å²) < 4.78 is 43.1. The zero-order valence-corrected chi connectivity index (χ0v) is 20.9. The largest absolute Gasteiger partial charge is 0.366 e. The Balaban J connectivity index is 1.64. The summed E-state index contributed by atoms with van der Waals surface area (Å²) >= 11 is 0. The highest BCUT2D eigenvalue weighted by Crippen LogP contribution is 2.23. The van der Waals surface area contributed by atoms with Crippen molar-refractivity contribution in [2.75, 3.05) is 44.2 Å². The van der Waals surface area contributed by atoms with Crippen molar-refractivity contribution < 1.29 is 17.6 Å². The van der Waals surface area contributed by atoms with Gasteiger partial charge in [0.05, 0.1) is 16.1 Å². The van der Waals surface area contributed by atoms with Crippen LogP contribution >= 0.6 is 0 Å². The highest BCUT2D eigenvalue weighted by atomic mass is 32.2. The minimum atomic E-state index is -3.76. The molecule has 0 aliphatic carbocycles. The van der Waals surface area contributed by atoms with E-state index in [1.54, 1.807) is 54.6 Å². The number of sulfonamides is 1. The third-order valence-corrected chi connectivity index (χ3v) is 8.54. The van der Waals surface area contributed by atoms with Gasteiger partial charge in [0.15, 0.2) is 0 Å². The minimum Gasteiger partial charge on any atom is -0.366 e. The van der Waals surface area contributed by atoms with E-state index in [0.29, 0.717) is 50.5 Å². The van der Waals surface area contributed by atoms with Crippen LogP contribution in [0.15, 0.2) is 58.4 Å². The number of fused-ring (bicyclic) bond motifs is 1. The van der Waals surface area contributed by atoms with Crippen molar-refractivity contribution >= 4 is 32.5 Å². The first-order valence-corrected chi connectivity index (χ1v) is 13.0. The van der Waals surface area contributed by atoms with Crippen LogP contribution in [0.2, 0.25) is 0 Å². The Bertz CT molecular complexity index is 1430. The Kier molecular flexibility index (Phi) is 6.95. The number of aromatic nitrogens is 1. The van der Waals surface area contributed by atoms with Gasteiger partial charge in [-0.2, -0.15) is 4.31 Å². The minimum absolute atomic E-state index is 0.0169. The fourth-order valence-corrected chi connectivity index (χ4v) is 6.01. The molecule has 2 aromatic carbocycles. The fourth-order valence-electron chi connectivity index (χ4n) is 4.53. The molecule has 35 heavy (non-hydrogen) atoms. The first kappa shape index (κ1) is 24.9. The molecule has 1 aromatic heterocycles. The monoisotopic (exact) mass is 500 g/mol. The summed E-state index contributed by atoms with van der Waals surface area (Å²) in [4.78, 5) is 30.1. The Morgan fingerprint density at radius 1 is 1.03 bits per heavy atom. The van der Waals surface area contributed by atoms with Crippen molar-refractivity contribution in [1.29, 1.82) is 0 Å².